The molecule has 0 radical (unpaired) electrons. The lowest BCUT2D eigenvalue weighted by Crippen LogP contribution is -2.68. The van der Waals surface area contributed by atoms with Crippen LogP contribution in [0.1, 0.15) is 29.0 Å². The highest BCUT2D eigenvalue weighted by atomic mass is 19.4. The summed E-state index contributed by atoms with van der Waals surface area (Å²) in [7, 11) is 1.46. The quantitative estimate of drug-likeness (QED) is 0.385. The van der Waals surface area contributed by atoms with Crippen molar-refractivity contribution in [1.82, 2.24) is 10.2 Å². The Labute approximate surface area is 225 Å². The van der Waals surface area contributed by atoms with E-state index in [4.69, 9.17) is 4.74 Å². The smallest absolute Gasteiger partial charge is 0.496 e. The standard InChI is InChI=1S/C30H31F3N2O4/c1-38-25-13-12-22(39-30(31,32)33)16-21(25)17-34-27-23-14-15-35(18-24(23)29(36)37)28(27)26(19-8-4-2-5-9-19)20-10-6-3-7-11-20/h2-13,16,23-24,26-28,34H,14-15,17-18H2,1H3,(H,36,37). The third kappa shape index (κ3) is 5.89. The van der Waals surface area contributed by atoms with E-state index in [0.29, 0.717) is 17.9 Å². The van der Waals surface area contributed by atoms with Gasteiger partial charge in [0.05, 0.1) is 13.0 Å². The monoisotopic (exact) mass is 540 g/mol. The molecule has 3 aliphatic rings. The van der Waals surface area contributed by atoms with Gasteiger partial charge < -0.3 is 19.9 Å². The van der Waals surface area contributed by atoms with Gasteiger partial charge in [0.25, 0.3) is 0 Å². The number of hydrogen-bond donors (Lipinski definition) is 2. The van der Waals surface area contributed by atoms with Gasteiger partial charge in [-0.3, -0.25) is 9.69 Å². The summed E-state index contributed by atoms with van der Waals surface area (Å²) in [4.78, 5) is 14.5. The van der Waals surface area contributed by atoms with Gasteiger partial charge in [0.2, 0.25) is 0 Å². The first-order chi connectivity index (χ1) is 18.7. The molecule has 3 fully saturated rings. The van der Waals surface area contributed by atoms with E-state index in [0.717, 1.165) is 24.1 Å². The lowest BCUT2D eigenvalue weighted by molar-refractivity contribution is -0.274. The van der Waals surface area contributed by atoms with Crippen LogP contribution in [0, 0.1) is 11.8 Å². The number of fused-ring (bicyclic) bond motifs is 3. The van der Waals surface area contributed by atoms with Crippen molar-refractivity contribution < 1.29 is 32.5 Å². The Hall–Kier alpha value is -3.56. The summed E-state index contributed by atoms with van der Waals surface area (Å²) in [6.45, 7) is 1.43. The fourth-order valence-electron chi connectivity index (χ4n) is 6.35. The average Bonchev–Trinajstić information content (AvgIpc) is 2.93. The lowest BCUT2D eigenvalue weighted by Gasteiger charge is -2.56. The normalized spacial score (nSPS) is 24.5. The number of piperidine rings is 3. The molecule has 6 nitrogen and oxygen atoms in total. The van der Waals surface area contributed by atoms with Gasteiger partial charge >= 0.3 is 12.3 Å². The van der Waals surface area contributed by atoms with Gasteiger partial charge in [-0.1, -0.05) is 60.7 Å². The number of rotatable bonds is 9. The SMILES string of the molecule is COc1ccc(OC(F)(F)F)cc1CNC1C2CCN(CC2C(=O)O)C1C(c1ccccc1)c1ccccc1. The van der Waals surface area contributed by atoms with Gasteiger partial charge in [-0.2, -0.15) is 0 Å². The second-order valence-electron chi connectivity index (χ2n) is 10.1. The zero-order valence-electron chi connectivity index (χ0n) is 21.5. The minimum absolute atomic E-state index is 0.0377. The Morgan fingerprint density at radius 3 is 2.26 bits per heavy atom. The molecule has 0 aliphatic carbocycles. The van der Waals surface area contributed by atoms with Crippen LogP contribution >= 0.6 is 0 Å². The van der Waals surface area contributed by atoms with E-state index in [1.165, 1.54) is 25.3 Å². The number of carbonyl (C=O) groups is 1. The number of halogens is 3. The Balaban J connectivity index is 1.52. The van der Waals surface area contributed by atoms with Crippen LogP contribution in [0.5, 0.6) is 11.5 Å². The summed E-state index contributed by atoms with van der Waals surface area (Å²) in [6.07, 6.45) is -4.09. The van der Waals surface area contributed by atoms with Crippen LogP contribution in [0.15, 0.2) is 78.9 Å². The van der Waals surface area contributed by atoms with Crippen molar-refractivity contribution in [3.8, 4) is 11.5 Å². The van der Waals surface area contributed by atoms with E-state index < -0.39 is 18.2 Å². The molecule has 3 aromatic carbocycles. The molecule has 6 rings (SSSR count). The topological polar surface area (TPSA) is 71.0 Å². The maximum Gasteiger partial charge on any atom is 0.573 e. The van der Waals surface area contributed by atoms with Crippen molar-refractivity contribution in [2.45, 2.75) is 37.3 Å². The number of ether oxygens (including phenoxy) is 2. The molecule has 5 atom stereocenters. The van der Waals surface area contributed by atoms with Crippen molar-refractivity contribution in [2.24, 2.45) is 11.8 Å². The minimum Gasteiger partial charge on any atom is -0.496 e. The number of benzene rings is 3. The van der Waals surface area contributed by atoms with Crippen molar-refractivity contribution >= 4 is 5.97 Å². The summed E-state index contributed by atoms with van der Waals surface area (Å²) in [5, 5.41) is 13.6. The van der Waals surface area contributed by atoms with Gasteiger partial charge in [0.1, 0.15) is 11.5 Å². The first kappa shape index (κ1) is 27.0. The zero-order chi connectivity index (χ0) is 27.6. The van der Waals surface area contributed by atoms with Crippen LogP contribution < -0.4 is 14.8 Å². The number of carboxylic acids is 1. The highest BCUT2D eigenvalue weighted by Crippen LogP contribution is 2.44. The molecule has 3 saturated heterocycles. The molecule has 2 N–H and O–H groups in total. The van der Waals surface area contributed by atoms with E-state index in [-0.39, 0.29) is 36.2 Å². The molecule has 0 spiro atoms. The molecule has 2 bridgehead atoms. The lowest BCUT2D eigenvalue weighted by atomic mass is 9.66. The van der Waals surface area contributed by atoms with Crippen LogP contribution in [0.3, 0.4) is 0 Å². The summed E-state index contributed by atoms with van der Waals surface area (Å²) in [6, 6.07) is 24.0. The van der Waals surface area contributed by atoms with E-state index in [1.807, 2.05) is 36.4 Å². The van der Waals surface area contributed by atoms with E-state index >= 15 is 0 Å². The largest absolute Gasteiger partial charge is 0.573 e. The van der Waals surface area contributed by atoms with Gasteiger partial charge in [-0.25, -0.2) is 0 Å². The number of nitrogens with one attached hydrogen (secondary N) is 1. The number of aliphatic carboxylic acids is 1. The summed E-state index contributed by atoms with van der Waals surface area (Å²) < 4.78 is 48.2. The fraction of sp³-hybridized carbons (Fsp3) is 0.367. The third-order valence-corrected chi connectivity index (χ3v) is 7.94. The summed E-state index contributed by atoms with van der Waals surface area (Å²) in [5.41, 5.74) is 2.74. The molecule has 9 heteroatoms. The minimum atomic E-state index is -4.81. The van der Waals surface area contributed by atoms with Crippen molar-refractivity contribution in [1.29, 1.82) is 0 Å². The molecule has 0 aromatic heterocycles. The molecule has 3 aromatic rings. The average molecular weight is 541 g/mol. The van der Waals surface area contributed by atoms with Crippen LogP contribution in [-0.2, 0) is 11.3 Å². The Morgan fingerprint density at radius 1 is 1.05 bits per heavy atom. The maximum atomic E-state index is 12.9. The molecule has 0 amide bonds. The number of hydrogen-bond acceptors (Lipinski definition) is 5. The van der Waals surface area contributed by atoms with Gasteiger partial charge in [0.15, 0.2) is 0 Å². The Bertz CT molecular complexity index is 1230. The molecular weight excluding hydrogens is 509 g/mol. The van der Waals surface area contributed by atoms with Crippen LogP contribution in [0.25, 0.3) is 0 Å². The highest BCUT2D eigenvalue weighted by molar-refractivity contribution is 5.71. The fourth-order valence-corrected chi connectivity index (χ4v) is 6.35. The highest BCUT2D eigenvalue weighted by Gasteiger charge is 2.52. The second kappa shape index (κ2) is 11.3. The Kier molecular flexibility index (Phi) is 7.81. The molecule has 39 heavy (non-hydrogen) atoms. The first-order valence-electron chi connectivity index (χ1n) is 13.0. The van der Waals surface area contributed by atoms with E-state index in [2.05, 4.69) is 39.2 Å². The number of alkyl halides is 3. The predicted octanol–water partition coefficient (Wildman–Crippen LogP) is 5.29. The summed E-state index contributed by atoms with van der Waals surface area (Å²) in [5.74, 6) is -1.46. The van der Waals surface area contributed by atoms with Crippen LogP contribution in [0.2, 0.25) is 0 Å². The third-order valence-electron chi connectivity index (χ3n) is 7.94. The summed E-state index contributed by atoms with van der Waals surface area (Å²) >= 11 is 0. The molecule has 206 valence electrons. The maximum absolute atomic E-state index is 12.9. The van der Waals surface area contributed by atoms with Crippen molar-refractivity contribution in [3.05, 3.63) is 95.6 Å². The molecular formula is C30H31F3N2O4. The molecule has 3 heterocycles. The molecule has 3 aliphatic heterocycles. The van der Waals surface area contributed by atoms with Crippen LogP contribution in [-0.4, -0.2) is 54.6 Å². The number of methoxy groups -OCH3 is 1. The van der Waals surface area contributed by atoms with Gasteiger partial charge in [-0.15, -0.1) is 13.2 Å². The predicted molar refractivity (Wildman–Crippen MR) is 140 cm³/mol. The first-order valence-corrected chi connectivity index (χ1v) is 13.0. The molecule has 0 saturated carbocycles. The number of nitrogens with zero attached hydrogens (tertiary/aromatic N) is 1. The molecule has 5 unspecified atom stereocenters. The van der Waals surface area contributed by atoms with E-state index in [1.54, 1.807) is 0 Å². The van der Waals surface area contributed by atoms with Gasteiger partial charge in [0, 0.05) is 36.7 Å². The van der Waals surface area contributed by atoms with Gasteiger partial charge in [-0.05, 0) is 48.2 Å². The van der Waals surface area contributed by atoms with Crippen LogP contribution in [0.4, 0.5) is 13.2 Å². The number of carboxylic acid groups (broad SMARTS) is 1. The second-order valence-corrected chi connectivity index (χ2v) is 10.1. The van der Waals surface area contributed by atoms with E-state index in [9.17, 15) is 23.1 Å². The zero-order valence-corrected chi connectivity index (χ0v) is 21.5. The van der Waals surface area contributed by atoms with Crippen molar-refractivity contribution in [2.75, 3.05) is 20.2 Å². The van der Waals surface area contributed by atoms with Crippen molar-refractivity contribution in [3.63, 3.8) is 0 Å². The Morgan fingerprint density at radius 2 is 1.69 bits per heavy atom.